The summed E-state index contributed by atoms with van der Waals surface area (Å²) < 4.78 is 12.9. The molecule has 0 spiro atoms. The SMILES string of the molecule is C/C(=C/c1[nH]ncc1F)C1CC1. The van der Waals surface area contributed by atoms with Gasteiger partial charge in [-0.15, -0.1) is 0 Å². The molecule has 3 heteroatoms. The molecule has 1 fully saturated rings. The second-order valence-corrected chi connectivity index (χ2v) is 3.29. The molecule has 2 rings (SSSR count). The summed E-state index contributed by atoms with van der Waals surface area (Å²) in [7, 11) is 0. The quantitative estimate of drug-likeness (QED) is 0.717. The van der Waals surface area contributed by atoms with Crippen LogP contribution in [0.2, 0.25) is 0 Å². The van der Waals surface area contributed by atoms with E-state index in [-0.39, 0.29) is 5.82 Å². The van der Waals surface area contributed by atoms with Crippen LogP contribution in [0.4, 0.5) is 4.39 Å². The second kappa shape index (κ2) is 2.73. The first-order valence-corrected chi connectivity index (χ1v) is 4.14. The Morgan fingerprint density at radius 1 is 1.75 bits per heavy atom. The van der Waals surface area contributed by atoms with Crippen LogP contribution in [0.15, 0.2) is 11.8 Å². The van der Waals surface area contributed by atoms with E-state index in [1.807, 2.05) is 13.0 Å². The maximum absolute atomic E-state index is 12.9. The Kier molecular flexibility index (Phi) is 1.71. The van der Waals surface area contributed by atoms with Gasteiger partial charge in [-0.3, -0.25) is 5.10 Å². The number of nitrogens with zero attached hydrogens (tertiary/aromatic N) is 1. The lowest BCUT2D eigenvalue weighted by molar-refractivity contribution is 0.625. The third kappa shape index (κ3) is 1.40. The third-order valence-corrected chi connectivity index (χ3v) is 2.21. The van der Waals surface area contributed by atoms with Crippen LogP contribution in [0.3, 0.4) is 0 Å². The standard InChI is InChI=1S/C9H11FN2/c1-6(7-2-3-7)4-9-8(10)5-11-12-9/h4-5,7H,2-3H2,1H3,(H,11,12)/b6-4-. The lowest BCUT2D eigenvalue weighted by Crippen LogP contribution is -1.82. The molecule has 1 heterocycles. The molecule has 0 aromatic carbocycles. The van der Waals surface area contributed by atoms with Gasteiger partial charge in [0.2, 0.25) is 0 Å². The molecule has 1 aliphatic carbocycles. The van der Waals surface area contributed by atoms with Crippen LogP contribution in [-0.2, 0) is 0 Å². The van der Waals surface area contributed by atoms with Gasteiger partial charge in [-0.1, -0.05) is 5.57 Å². The number of aromatic nitrogens is 2. The molecular formula is C9H11FN2. The van der Waals surface area contributed by atoms with Gasteiger partial charge in [0.15, 0.2) is 5.82 Å². The Morgan fingerprint density at radius 2 is 2.50 bits per heavy atom. The highest BCUT2D eigenvalue weighted by Gasteiger charge is 2.23. The Bertz CT molecular complexity index is 310. The van der Waals surface area contributed by atoms with E-state index in [0.717, 1.165) is 0 Å². The molecule has 0 unspecified atom stereocenters. The van der Waals surface area contributed by atoms with E-state index in [4.69, 9.17) is 0 Å². The van der Waals surface area contributed by atoms with E-state index in [1.54, 1.807) is 0 Å². The predicted molar refractivity (Wildman–Crippen MR) is 44.9 cm³/mol. The van der Waals surface area contributed by atoms with Crippen molar-refractivity contribution in [1.82, 2.24) is 10.2 Å². The maximum Gasteiger partial charge on any atom is 0.168 e. The zero-order valence-electron chi connectivity index (χ0n) is 6.97. The van der Waals surface area contributed by atoms with Gasteiger partial charge >= 0.3 is 0 Å². The molecular weight excluding hydrogens is 155 g/mol. The van der Waals surface area contributed by atoms with E-state index in [0.29, 0.717) is 11.6 Å². The van der Waals surface area contributed by atoms with Gasteiger partial charge in [0.05, 0.1) is 11.9 Å². The molecule has 1 saturated carbocycles. The molecule has 1 aromatic heterocycles. The molecule has 64 valence electrons. The number of hydrogen-bond donors (Lipinski definition) is 1. The molecule has 0 atom stereocenters. The van der Waals surface area contributed by atoms with Gasteiger partial charge in [0.25, 0.3) is 0 Å². The molecule has 0 radical (unpaired) electrons. The first-order valence-electron chi connectivity index (χ1n) is 4.14. The Labute approximate surface area is 70.5 Å². The van der Waals surface area contributed by atoms with Crippen molar-refractivity contribution in [2.75, 3.05) is 0 Å². The first kappa shape index (κ1) is 7.53. The van der Waals surface area contributed by atoms with Gasteiger partial charge in [-0.25, -0.2) is 4.39 Å². The molecule has 2 nitrogen and oxygen atoms in total. The van der Waals surface area contributed by atoms with E-state index in [1.165, 1.54) is 24.6 Å². The van der Waals surface area contributed by atoms with Crippen molar-refractivity contribution < 1.29 is 4.39 Å². The van der Waals surface area contributed by atoms with Gasteiger partial charge in [-0.05, 0) is 31.8 Å². The number of nitrogens with one attached hydrogen (secondary N) is 1. The smallest absolute Gasteiger partial charge is 0.168 e. The molecule has 12 heavy (non-hydrogen) atoms. The lowest BCUT2D eigenvalue weighted by Gasteiger charge is -1.94. The van der Waals surface area contributed by atoms with Crippen molar-refractivity contribution in [2.24, 2.45) is 5.92 Å². The van der Waals surface area contributed by atoms with E-state index >= 15 is 0 Å². The fraction of sp³-hybridized carbons (Fsp3) is 0.444. The van der Waals surface area contributed by atoms with Crippen molar-refractivity contribution in [1.29, 1.82) is 0 Å². The highest BCUT2D eigenvalue weighted by atomic mass is 19.1. The molecule has 1 aliphatic rings. The number of H-pyrrole nitrogens is 1. The van der Waals surface area contributed by atoms with Crippen LogP contribution in [0, 0.1) is 11.7 Å². The largest absolute Gasteiger partial charge is 0.275 e. The van der Waals surface area contributed by atoms with Crippen LogP contribution in [0.1, 0.15) is 25.5 Å². The van der Waals surface area contributed by atoms with Crippen molar-refractivity contribution in [2.45, 2.75) is 19.8 Å². The molecule has 0 bridgehead atoms. The highest BCUT2D eigenvalue weighted by molar-refractivity contribution is 5.49. The number of halogens is 1. The average molecular weight is 166 g/mol. The Hall–Kier alpha value is -1.12. The summed E-state index contributed by atoms with van der Waals surface area (Å²) in [5.74, 6) is 0.419. The monoisotopic (exact) mass is 166 g/mol. The Balaban J connectivity index is 2.20. The summed E-state index contributed by atoms with van der Waals surface area (Å²) in [6.07, 6.45) is 5.54. The average Bonchev–Trinajstić information content (AvgIpc) is 2.80. The maximum atomic E-state index is 12.9. The topological polar surface area (TPSA) is 28.7 Å². The lowest BCUT2D eigenvalue weighted by atomic mass is 10.1. The zero-order chi connectivity index (χ0) is 8.55. The minimum Gasteiger partial charge on any atom is -0.275 e. The van der Waals surface area contributed by atoms with Crippen molar-refractivity contribution in [3.8, 4) is 0 Å². The van der Waals surface area contributed by atoms with Crippen molar-refractivity contribution in [3.05, 3.63) is 23.3 Å². The van der Waals surface area contributed by atoms with Gasteiger partial charge in [0.1, 0.15) is 0 Å². The summed E-state index contributed by atoms with van der Waals surface area (Å²) in [5, 5.41) is 6.23. The van der Waals surface area contributed by atoms with Crippen LogP contribution in [0.25, 0.3) is 6.08 Å². The number of hydrogen-bond acceptors (Lipinski definition) is 1. The highest BCUT2D eigenvalue weighted by Crippen LogP contribution is 2.36. The van der Waals surface area contributed by atoms with Crippen LogP contribution >= 0.6 is 0 Å². The molecule has 0 aliphatic heterocycles. The zero-order valence-corrected chi connectivity index (χ0v) is 6.97. The van der Waals surface area contributed by atoms with Crippen LogP contribution in [0.5, 0.6) is 0 Å². The van der Waals surface area contributed by atoms with Crippen LogP contribution < -0.4 is 0 Å². The summed E-state index contributed by atoms with van der Waals surface area (Å²) in [6.45, 7) is 2.04. The van der Waals surface area contributed by atoms with Crippen molar-refractivity contribution >= 4 is 6.08 Å². The van der Waals surface area contributed by atoms with Crippen LogP contribution in [-0.4, -0.2) is 10.2 Å². The van der Waals surface area contributed by atoms with Gasteiger partial charge in [0, 0.05) is 0 Å². The summed E-state index contributed by atoms with van der Waals surface area (Å²) in [4.78, 5) is 0. The number of allylic oxidation sites excluding steroid dienone is 1. The van der Waals surface area contributed by atoms with E-state index < -0.39 is 0 Å². The molecule has 0 amide bonds. The van der Waals surface area contributed by atoms with Gasteiger partial charge in [-0.2, -0.15) is 5.10 Å². The molecule has 1 N–H and O–H groups in total. The summed E-state index contributed by atoms with van der Waals surface area (Å²) in [6, 6.07) is 0. The predicted octanol–water partition coefficient (Wildman–Crippen LogP) is 2.36. The molecule has 0 saturated heterocycles. The summed E-state index contributed by atoms with van der Waals surface area (Å²) >= 11 is 0. The fourth-order valence-electron chi connectivity index (χ4n) is 1.27. The summed E-state index contributed by atoms with van der Waals surface area (Å²) in [5.41, 5.74) is 1.75. The normalized spacial score (nSPS) is 18.3. The minimum atomic E-state index is -0.269. The third-order valence-electron chi connectivity index (χ3n) is 2.21. The fourth-order valence-corrected chi connectivity index (χ4v) is 1.27. The second-order valence-electron chi connectivity index (χ2n) is 3.29. The van der Waals surface area contributed by atoms with Gasteiger partial charge < -0.3 is 0 Å². The minimum absolute atomic E-state index is 0.269. The number of rotatable bonds is 2. The van der Waals surface area contributed by atoms with Crippen molar-refractivity contribution in [3.63, 3.8) is 0 Å². The van der Waals surface area contributed by atoms with E-state index in [2.05, 4.69) is 10.2 Å². The molecule has 1 aromatic rings. The van der Waals surface area contributed by atoms with E-state index in [9.17, 15) is 4.39 Å². The number of aromatic amines is 1. The first-order chi connectivity index (χ1) is 5.77. The Morgan fingerprint density at radius 3 is 3.00 bits per heavy atom.